The third-order valence-corrected chi connectivity index (χ3v) is 3.46. The number of benzene rings is 1. The highest BCUT2D eigenvalue weighted by atomic mass is 32.2. The summed E-state index contributed by atoms with van der Waals surface area (Å²) in [7, 11) is -3.07. The molecule has 0 radical (unpaired) electrons. The monoisotopic (exact) mass is 284 g/mol. The van der Waals surface area contributed by atoms with Crippen LogP contribution in [0.15, 0.2) is 24.3 Å². The average Bonchev–Trinajstić information content (AvgIpc) is 2.26. The van der Waals surface area contributed by atoms with E-state index >= 15 is 0 Å². The van der Waals surface area contributed by atoms with E-state index < -0.39 is 9.84 Å². The number of hydrogen-bond acceptors (Lipinski definition) is 3. The number of anilines is 1. The fourth-order valence-electron chi connectivity index (χ4n) is 1.53. The van der Waals surface area contributed by atoms with E-state index in [2.05, 4.69) is 10.6 Å². The standard InChI is InChI=1S/C13H20N2O3S/c1-4-10(2)14-13(16)15-12-7-5-6-11(8-12)9-19(3,17)18/h5-8,10H,4,9H2,1-3H3,(H2,14,15,16). The Balaban J connectivity index is 2.69. The van der Waals surface area contributed by atoms with Crippen molar-refractivity contribution in [1.82, 2.24) is 5.32 Å². The highest BCUT2D eigenvalue weighted by molar-refractivity contribution is 7.89. The molecule has 19 heavy (non-hydrogen) atoms. The van der Waals surface area contributed by atoms with Gasteiger partial charge in [-0.1, -0.05) is 19.1 Å². The summed E-state index contributed by atoms with van der Waals surface area (Å²) in [6.07, 6.45) is 2.03. The second kappa shape index (κ2) is 6.56. The Kier molecular flexibility index (Phi) is 5.35. The van der Waals surface area contributed by atoms with E-state index in [1.165, 1.54) is 6.26 Å². The zero-order chi connectivity index (χ0) is 14.5. The first-order chi connectivity index (χ1) is 8.80. The van der Waals surface area contributed by atoms with Gasteiger partial charge in [0.1, 0.15) is 0 Å². The average molecular weight is 284 g/mol. The SMILES string of the molecule is CCC(C)NC(=O)Nc1cccc(CS(C)(=O)=O)c1. The topological polar surface area (TPSA) is 75.3 Å². The third kappa shape index (κ3) is 6.24. The van der Waals surface area contributed by atoms with E-state index in [9.17, 15) is 13.2 Å². The Morgan fingerprint density at radius 2 is 2.05 bits per heavy atom. The van der Waals surface area contributed by atoms with Gasteiger partial charge in [-0.25, -0.2) is 13.2 Å². The molecule has 1 atom stereocenters. The van der Waals surface area contributed by atoms with Crippen LogP contribution in [0.4, 0.5) is 10.5 Å². The van der Waals surface area contributed by atoms with Gasteiger partial charge in [-0.15, -0.1) is 0 Å². The summed E-state index contributed by atoms with van der Waals surface area (Å²) in [4.78, 5) is 11.6. The van der Waals surface area contributed by atoms with Crippen LogP contribution in [-0.2, 0) is 15.6 Å². The number of amides is 2. The van der Waals surface area contributed by atoms with Crippen molar-refractivity contribution in [1.29, 1.82) is 0 Å². The van der Waals surface area contributed by atoms with Crippen molar-refractivity contribution >= 4 is 21.6 Å². The van der Waals surface area contributed by atoms with Gasteiger partial charge in [0.15, 0.2) is 9.84 Å². The molecule has 106 valence electrons. The fraction of sp³-hybridized carbons (Fsp3) is 0.462. The third-order valence-electron chi connectivity index (χ3n) is 2.60. The molecule has 5 nitrogen and oxygen atoms in total. The lowest BCUT2D eigenvalue weighted by atomic mass is 10.2. The molecule has 1 aromatic carbocycles. The molecule has 0 fully saturated rings. The highest BCUT2D eigenvalue weighted by Crippen LogP contribution is 2.13. The van der Waals surface area contributed by atoms with Crippen LogP contribution in [0, 0.1) is 0 Å². The van der Waals surface area contributed by atoms with Crippen LogP contribution in [0.1, 0.15) is 25.8 Å². The van der Waals surface area contributed by atoms with E-state index in [1.807, 2.05) is 13.8 Å². The summed E-state index contributed by atoms with van der Waals surface area (Å²) in [6, 6.07) is 6.64. The lowest BCUT2D eigenvalue weighted by Crippen LogP contribution is -2.35. The number of carbonyl (C=O) groups is 1. The zero-order valence-corrected chi connectivity index (χ0v) is 12.3. The molecule has 0 aliphatic heterocycles. The number of carbonyl (C=O) groups excluding carboxylic acids is 1. The van der Waals surface area contributed by atoms with E-state index in [-0.39, 0.29) is 17.8 Å². The number of urea groups is 1. The molecular formula is C13H20N2O3S. The summed E-state index contributed by atoms with van der Waals surface area (Å²) in [5.74, 6) is -0.0322. The van der Waals surface area contributed by atoms with Gasteiger partial charge in [-0.3, -0.25) is 0 Å². The molecule has 0 heterocycles. The van der Waals surface area contributed by atoms with Crippen LogP contribution in [0.3, 0.4) is 0 Å². The summed E-state index contributed by atoms with van der Waals surface area (Å²) in [5.41, 5.74) is 1.24. The summed E-state index contributed by atoms with van der Waals surface area (Å²) in [6.45, 7) is 3.90. The number of hydrogen-bond donors (Lipinski definition) is 2. The molecule has 2 N–H and O–H groups in total. The second-order valence-corrected chi connectivity index (χ2v) is 6.82. The molecular weight excluding hydrogens is 264 g/mol. The van der Waals surface area contributed by atoms with E-state index in [0.29, 0.717) is 11.3 Å². The minimum absolute atomic E-state index is 0.0322. The van der Waals surface area contributed by atoms with Crippen LogP contribution in [0.2, 0.25) is 0 Å². The lowest BCUT2D eigenvalue weighted by Gasteiger charge is -2.13. The number of sulfone groups is 1. The van der Waals surface area contributed by atoms with Crippen molar-refractivity contribution in [2.75, 3.05) is 11.6 Å². The predicted molar refractivity (Wildman–Crippen MR) is 76.9 cm³/mol. The second-order valence-electron chi connectivity index (χ2n) is 4.68. The first kappa shape index (κ1) is 15.5. The Hall–Kier alpha value is -1.56. The molecule has 1 aromatic rings. The maximum atomic E-state index is 11.6. The molecule has 6 heteroatoms. The van der Waals surface area contributed by atoms with Gasteiger partial charge in [0.05, 0.1) is 5.75 Å². The van der Waals surface area contributed by atoms with Crippen LogP contribution >= 0.6 is 0 Å². The largest absolute Gasteiger partial charge is 0.335 e. The Morgan fingerprint density at radius 1 is 1.37 bits per heavy atom. The number of rotatable bonds is 5. The molecule has 0 aliphatic carbocycles. The molecule has 0 bridgehead atoms. The maximum absolute atomic E-state index is 11.6. The van der Waals surface area contributed by atoms with Gasteiger partial charge < -0.3 is 10.6 Å². The Morgan fingerprint density at radius 3 is 2.63 bits per heavy atom. The van der Waals surface area contributed by atoms with E-state index in [0.717, 1.165) is 6.42 Å². The Labute approximate surface area is 114 Å². The molecule has 0 spiro atoms. The lowest BCUT2D eigenvalue weighted by molar-refractivity contribution is 0.249. The zero-order valence-electron chi connectivity index (χ0n) is 11.4. The molecule has 0 saturated carbocycles. The smallest absolute Gasteiger partial charge is 0.319 e. The molecule has 0 aliphatic rings. The van der Waals surface area contributed by atoms with Crippen molar-refractivity contribution in [2.24, 2.45) is 0 Å². The molecule has 0 saturated heterocycles. The molecule has 2 amide bonds. The first-order valence-electron chi connectivity index (χ1n) is 6.14. The quantitative estimate of drug-likeness (QED) is 0.870. The minimum Gasteiger partial charge on any atom is -0.335 e. The van der Waals surface area contributed by atoms with Gasteiger partial charge in [-0.05, 0) is 31.0 Å². The van der Waals surface area contributed by atoms with Gasteiger partial charge in [0, 0.05) is 18.0 Å². The minimum atomic E-state index is -3.07. The predicted octanol–water partition coefficient (Wildman–Crippen LogP) is 2.15. The van der Waals surface area contributed by atoms with Gasteiger partial charge in [0.2, 0.25) is 0 Å². The van der Waals surface area contributed by atoms with Gasteiger partial charge >= 0.3 is 6.03 Å². The number of nitrogens with one attached hydrogen (secondary N) is 2. The van der Waals surface area contributed by atoms with E-state index in [4.69, 9.17) is 0 Å². The van der Waals surface area contributed by atoms with Crippen molar-refractivity contribution < 1.29 is 13.2 Å². The molecule has 1 rings (SSSR count). The maximum Gasteiger partial charge on any atom is 0.319 e. The van der Waals surface area contributed by atoms with Crippen molar-refractivity contribution in [2.45, 2.75) is 32.1 Å². The van der Waals surface area contributed by atoms with Crippen LogP contribution in [-0.4, -0.2) is 26.7 Å². The van der Waals surface area contributed by atoms with Crippen molar-refractivity contribution in [3.05, 3.63) is 29.8 Å². The Bertz CT molecular complexity index is 541. The van der Waals surface area contributed by atoms with Crippen molar-refractivity contribution in [3.8, 4) is 0 Å². The molecule has 1 unspecified atom stereocenters. The van der Waals surface area contributed by atoms with Crippen LogP contribution in [0.5, 0.6) is 0 Å². The first-order valence-corrected chi connectivity index (χ1v) is 8.20. The summed E-state index contributed by atoms with van der Waals surface area (Å²) >= 11 is 0. The normalized spacial score (nSPS) is 12.8. The van der Waals surface area contributed by atoms with Crippen LogP contribution < -0.4 is 10.6 Å². The van der Waals surface area contributed by atoms with Gasteiger partial charge in [-0.2, -0.15) is 0 Å². The highest BCUT2D eigenvalue weighted by Gasteiger charge is 2.08. The fourth-order valence-corrected chi connectivity index (χ4v) is 2.32. The van der Waals surface area contributed by atoms with E-state index in [1.54, 1.807) is 24.3 Å². The molecule has 0 aromatic heterocycles. The van der Waals surface area contributed by atoms with Crippen molar-refractivity contribution in [3.63, 3.8) is 0 Å². The summed E-state index contributed by atoms with van der Waals surface area (Å²) < 4.78 is 22.4. The van der Waals surface area contributed by atoms with Crippen LogP contribution in [0.25, 0.3) is 0 Å². The summed E-state index contributed by atoms with van der Waals surface area (Å²) in [5, 5.41) is 5.47. The van der Waals surface area contributed by atoms with Gasteiger partial charge in [0.25, 0.3) is 0 Å².